The maximum Gasteiger partial charge on any atom is 0.191 e. The lowest BCUT2D eigenvalue weighted by atomic mass is 9.92. The molecular formula is C11H21N3O. The summed E-state index contributed by atoms with van der Waals surface area (Å²) in [6, 6.07) is 0.500. The topological polar surface area (TPSA) is 61.8 Å². The molecule has 1 saturated heterocycles. The predicted molar refractivity (Wildman–Crippen MR) is 60.6 cm³/mol. The second kappa shape index (κ2) is 4.39. The van der Waals surface area contributed by atoms with Gasteiger partial charge in [0.2, 0.25) is 0 Å². The number of hydrogen-bond donors (Lipinski definition) is 2. The molecule has 15 heavy (non-hydrogen) atoms. The number of nitrogens with zero attached hydrogens (tertiary/aromatic N) is 2. The lowest BCUT2D eigenvalue weighted by molar-refractivity contribution is 0.0886. The van der Waals surface area contributed by atoms with Crippen molar-refractivity contribution in [3.05, 3.63) is 0 Å². The van der Waals surface area contributed by atoms with Gasteiger partial charge in [-0.3, -0.25) is 0 Å². The van der Waals surface area contributed by atoms with E-state index in [2.05, 4.69) is 9.89 Å². The number of rotatable bonds is 2. The Kier molecular flexibility index (Phi) is 3.14. The van der Waals surface area contributed by atoms with Crippen LogP contribution in [0.15, 0.2) is 4.99 Å². The highest BCUT2D eigenvalue weighted by Crippen LogP contribution is 2.25. The summed E-state index contributed by atoms with van der Waals surface area (Å²) in [6.07, 6.45) is 4.26. The van der Waals surface area contributed by atoms with Gasteiger partial charge in [-0.05, 0) is 38.5 Å². The zero-order valence-electron chi connectivity index (χ0n) is 9.39. The van der Waals surface area contributed by atoms with Gasteiger partial charge >= 0.3 is 0 Å². The molecule has 0 spiro atoms. The van der Waals surface area contributed by atoms with Gasteiger partial charge in [0, 0.05) is 13.1 Å². The third-order valence-corrected chi connectivity index (χ3v) is 3.41. The van der Waals surface area contributed by atoms with Gasteiger partial charge in [-0.2, -0.15) is 0 Å². The second-order valence-electron chi connectivity index (χ2n) is 4.78. The molecule has 0 aromatic carbocycles. The van der Waals surface area contributed by atoms with Crippen molar-refractivity contribution in [3.8, 4) is 0 Å². The summed E-state index contributed by atoms with van der Waals surface area (Å²) in [7, 11) is 0. The van der Waals surface area contributed by atoms with Crippen molar-refractivity contribution in [1.29, 1.82) is 0 Å². The Morgan fingerprint density at radius 3 is 2.40 bits per heavy atom. The van der Waals surface area contributed by atoms with E-state index in [1.54, 1.807) is 0 Å². The maximum atomic E-state index is 9.48. The second-order valence-corrected chi connectivity index (χ2v) is 4.78. The van der Waals surface area contributed by atoms with Crippen molar-refractivity contribution >= 4 is 5.96 Å². The smallest absolute Gasteiger partial charge is 0.191 e. The van der Waals surface area contributed by atoms with Gasteiger partial charge in [0.05, 0.1) is 12.1 Å². The van der Waals surface area contributed by atoms with Gasteiger partial charge in [-0.1, -0.05) is 0 Å². The quantitative estimate of drug-likeness (QED) is 0.518. The van der Waals surface area contributed by atoms with Crippen LogP contribution < -0.4 is 5.73 Å². The summed E-state index contributed by atoms with van der Waals surface area (Å²) < 4.78 is 0. The van der Waals surface area contributed by atoms with Crippen molar-refractivity contribution in [3.63, 3.8) is 0 Å². The molecule has 3 N–H and O–H groups in total. The number of nitrogens with two attached hydrogens (primary N) is 1. The fourth-order valence-electron chi connectivity index (χ4n) is 2.08. The van der Waals surface area contributed by atoms with Crippen LogP contribution in [0, 0.1) is 5.92 Å². The third kappa shape index (κ3) is 2.84. The molecule has 2 rings (SSSR count). The zero-order chi connectivity index (χ0) is 10.8. The fourth-order valence-corrected chi connectivity index (χ4v) is 2.08. The Hall–Kier alpha value is -0.770. The molecule has 4 heteroatoms. The molecule has 0 amide bonds. The normalized spacial score (nSPS) is 26.8. The Bertz CT molecular complexity index is 240. The number of hydrogen-bond acceptors (Lipinski definition) is 2. The molecule has 0 aromatic rings. The minimum Gasteiger partial charge on any atom is -0.393 e. The highest BCUT2D eigenvalue weighted by molar-refractivity contribution is 5.78. The minimum absolute atomic E-state index is 0.186. The molecule has 86 valence electrons. The first-order valence-electron chi connectivity index (χ1n) is 5.93. The zero-order valence-corrected chi connectivity index (χ0v) is 9.39. The monoisotopic (exact) mass is 211 g/mol. The van der Waals surface area contributed by atoms with E-state index in [9.17, 15) is 5.11 Å². The lowest BCUT2D eigenvalue weighted by Gasteiger charge is -2.33. The number of aliphatic imine (C=N–C) groups is 1. The maximum absolute atomic E-state index is 9.48. The average Bonchev–Trinajstić information content (AvgIpc) is 3.02. The SMILES string of the molecule is CC(O)C1CCN(C(N)=NC2CC2)CC1. The lowest BCUT2D eigenvalue weighted by Crippen LogP contribution is -2.44. The van der Waals surface area contributed by atoms with Gasteiger partial charge < -0.3 is 15.7 Å². The molecule has 1 aliphatic carbocycles. The number of likely N-dealkylation sites (tertiary alicyclic amines) is 1. The Balaban J connectivity index is 1.81. The van der Waals surface area contributed by atoms with Gasteiger partial charge in [0.25, 0.3) is 0 Å². The predicted octanol–water partition coefficient (Wildman–Crippen LogP) is 0.556. The summed E-state index contributed by atoms with van der Waals surface area (Å²) in [4.78, 5) is 6.59. The summed E-state index contributed by atoms with van der Waals surface area (Å²) in [6.45, 7) is 3.76. The van der Waals surface area contributed by atoms with E-state index in [-0.39, 0.29) is 6.10 Å². The third-order valence-electron chi connectivity index (χ3n) is 3.41. The first-order valence-corrected chi connectivity index (χ1v) is 5.93. The molecule has 1 unspecified atom stereocenters. The van der Waals surface area contributed by atoms with Gasteiger partial charge in [-0.25, -0.2) is 4.99 Å². The molecule has 1 atom stereocenters. The van der Waals surface area contributed by atoms with Gasteiger partial charge in [0.15, 0.2) is 5.96 Å². The summed E-state index contributed by atoms with van der Waals surface area (Å²) in [5.74, 6) is 1.15. The van der Waals surface area contributed by atoms with Crippen molar-refractivity contribution < 1.29 is 5.11 Å². The Labute approximate surface area is 91.2 Å². The van der Waals surface area contributed by atoms with Gasteiger partial charge in [-0.15, -0.1) is 0 Å². The Morgan fingerprint density at radius 1 is 1.33 bits per heavy atom. The summed E-state index contributed by atoms with van der Waals surface area (Å²) in [5, 5.41) is 9.48. The van der Waals surface area contributed by atoms with Crippen LogP contribution in [0.5, 0.6) is 0 Å². The number of piperidine rings is 1. The van der Waals surface area contributed by atoms with E-state index in [0.717, 1.165) is 25.9 Å². The van der Waals surface area contributed by atoms with E-state index in [1.807, 2.05) is 6.92 Å². The molecule has 0 aromatic heterocycles. The van der Waals surface area contributed by atoms with Crippen LogP contribution in [0.4, 0.5) is 0 Å². The highest BCUT2D eigenvalue weighted by atomic mass is 16.3. The Morgan fingerprint density at radius 2 is 1.93 bits per heavy atom. The van der Waals surface area contributed by atoms with E-state index in [0.29, 0.717) is 17.9 Å². The summed E-state index contributed by atoms with van der Waals surface area (Å²) >= 11 is 0. The van der Waals surface area contributed by atoms with Gasteiger partial charge in [0.1, 0.15) is 0 Å². The van der Waals surface area contributed by atoms with Crippen molar-refractivity contribution in [2.45, 2.75) is 44.8 Å². The van der Waals surface area contributed by atoms with E-state index in [1.165, 1.54) is 12.8 Å². The van der Waals surface area contributed by atoms with Crippen LogP contribution in [0.1, 0.15) is 32.6 Å². The molecule has 0 radical (unpaired) electrons. The van der Waals surface area contributed by atoms with Crippen molar-refractivity contribution in [2.24, 2.45) is 16.6 Å². The van der Waals surface area contributed by atoms with Crippen molar-refractivity contribution in [1.82, 2.24) is 4.90 Å². The standard InChI is InChI=1S/C11H21N3O/c1-8(15)9-4-6-14(7-5-9)11(12)13-10-2-3-10/h8-10,15H,2-7H2,1H3,(H2,12,13). The van der Waals surface area contributed by atoms with E-state index in [4.69, 9.17) is 5.73 Å². The molecule has 4 nitrogen and oxygen atoms in total. The average molecular weight is 211 g/mol. The van der Waals surface area contributed by atoms with Crippen LogP contribution >= 0.6 is 0 Å². The fraction of sp³-hybridized carbons (Fsp3) is 0.909. The molecule has 1 heterocycles. The highest BCUT2D eigenvalue weighted by Gasteiger charge is 2.25. The molecule has 1 aliphatic heterocycles. The van der Waals surface area contributed by atoms with E-state index < -0.39 is 0 Å². The molecule has 0 bridgehead atoms. The molecule has 2 aliphatic rings. The van der Waals surface area contributed by atoms with Crippen LogP contribution in [0.3, 0.4) is 0 Å². The first-order chi connectivity index (χ1) is 7.16. The van der Waals surface area contributed by atoms with Crippen LogP contribution in [0.2, 0.25) is 0 Å². The van der Waals surface area contributed by atoms with Crippen LogP contribution in [-0.2, 0) is 0 Å². The number of aliphatic hydroxyl groups is 1. The minimum atomic E-state index is -0.186. The largest absolute Gasteiger partial charge is 0.393 e. The number of aliphatic hydroxyl groups excluding tert-OH is 1. The number of guanidine groups is 1. The van der Waals surface area contributed by atoms with E-state index >= 15 is 0 Å². The molecular weight excluding hydrogens is 190 g/mol. The van der Waals surface area contributed by atoms with Crippen LogP contribution in [-0.4, -0.2) is 41.2 Å². The van der Waals surface area contributed by atoms with Crippen LogP contribution in [0.25, 0.3) is 0 Å². The molecule has 1 saturated carbocycles. The first kappa shape index (κ1) is 10.7. The van der Waals surface area contributed by atoms with Crippen molar-refractivity contribution in [2.75, 3.05) is 13.1 Å². The summed E-state index contributed by atoms with van der Waals surface area (Å²) in [5.41, 5.74) is 5.92. The molecule has 2 fully saturated rings.